The van der Waals surface area contributed by atoms with Crippen molar-refractivity contribution < 1.29 is 9.59 Å². The summed E-state index contributed by atoms with van der Waals surface area (Å²) in [5.41, 5.74) is 3.15. The maximum Gasteiger partial charge on any atom is 0.319 e. The Labute approximate surface area is 216 Å². The van der Waals surface area contributed by atoms with E-state index in [-0.39, 0.29) is 22.2 Å². The first-order chi connectivity index (χ1) is 16.9. The van der Waals surface area contributed by atoms with Gasteiger partial charge in [-0.3, -0.25) is 10.1 Å². The van der Waals surface area contributed by atoms with E-state index in [1.807, 2.05) is 61.5 Å². The van der Waals surface area contributed by atoms with Gasteiger partial charge in [0, 0.05) is 12.0 Å². The van der Waals surface area contributed by atoms with Gasteiger partial charge in [-0.25, -0.2) is 4.79 Å². The lowest BCUT2D eigenvalue weighted by Gasteiger charge is -2.19. The third-order valence-electron chi connectivity index (χ3n) is 5.03. The lowest BCUT2D eigenvalue weighted by Crippen LogP contribution is -2.47. The van der Waals surface area contributed by atoms with E-state index in [2.05, 4.69) is 26.1 Å². The van der Waals surface area contributed by atoms with Gasteiger partial charge in [-0.2, -0.15) is 0 Å². The van der Waals surface area contributed by atoms with Crippen LogP contribution in [0.3, 0.4) is 0 Å². The largest absolute Gasteiger partial charge is 0.326 e. The highest BCUT2D eigenvalue weighted by molar-refractivity contribution is 7.18. The molecule has 0 fully saturated rings. The molecule has 0 radical (unpaired) electrons. The monoisotopic (exact) mass is 525 g/mol. The van der Waals surface area contributed by atoms with Crippen LogP contribution < -0.4 is 16.0 Å². The summed E-state index contributed by atoms with van der Waals surface area (Å²) in [6.07, 6.45) is 0.264. The second-order valence-corrected chi connectivity index (χ2v) is 9.50. The molecule has 3 amide bonds. The Balaban J connectivity index is 1.50. The number of nitrogens with one attached hydrogen (secondary N) is 3. The maximum absolute atomic E-state index is 13.2. The number of benzene rings is 3. The zero-order valence-corrected chi connectivity index (χ0v) is 20.9. The summed E-state index contributed by atoms with van der Waals surface area (Å²) < 4.78 is 0. The molecule has 1 aromatic heterocycles. The Morgan fingerprint density at radius 3 is 2.34 bits per heavy atom. The molecule has 7 nitrogen and oxygen atoms in total. The van der Waals surface area contributed by atoms with Crippen molar-refractivity contribution in [1.82, 2.24) is 15.5 Å². The normalized spacial score (nSPS) is 11.5. The molecule has 0 aliphatic carbocycles. The van der Waals surface area contributed by atoms with Gasteiger partial charge in [-0.05, 0) is 30.7 Å². The summed E-state index contributed by atoms with van der Waals surface area (Å²) in [5.74, 6) is -0.429. The van der Waals surface area contributed by atoms with Gasteiger partial charge in [0.15, 0.2) is 0 Å². The Morgan fingerprint density at radius 2 is 1.63 bits per heavy atom. The maximum atomic E-state index is 13.2. The highest BCUT2D eigenvalue weighted by atomic mass is 35.5. The number of carbonyl (C=O) groups excluding carboxylic acids is 2. The predicted molar refractivity (Wildman–Crippen MR) is 141 cm³/mol. The van der Waals surface area contributed by atoms with E-state index in [9.17, 15) is 9.59 Å². The zero-order chi connectivity index (χ0) is 24.8. The van der Waals surface area contributed by atoms with E-state index in [0.29, 0.717) is 10.1 Å². The van der Waals surface area contributed by atoms with E-state index in [0.717, 1.165) is 16.7 Å². The highest BCUT2D eigenvalue weighted by Crippen LogP contribution is 2.30. The van der Waals surface area contributed by atoms with Crippen molar-refractivity contribution in [2.24, 2.45) is 0 Å². The van der Waals surface area contributed by atoms with Gasteiger partial charge in [0.1, 0.15) is 11.0 Å². The van der Waals surface area contributed by atoms with Crippen molar-refractivity contribution in [2.75, 3.05) is 10.6 Å². The number of nitrogens with zero attached hydrogens (tertiary/aromatic N) is 2. The highest BCUT2D eigenvalue weighted by Gasteiger charge is 2.23. The number of hydrogen-bond donors (Lipinski definition) is 3. The molecule has 0 saturated heterocycles. The number of aryl methyl sites for hydroxylation is 1. The minimum Gasteiger partial charge on any atom is -0.326 e. The van der Waals surface area contributed by atoms with Gasteiger partial charge >= 0.3 is 6.03 Å². The Morgan fingerprint density at radius 1 is 0.914 bits per heavy atom. The second-order valence-electron chi connectivity index (χ2n) is 7.71. The Kier molecular flexibility index (Phi) is 7.97. The molecular formula is C25H21Cl2N5O2S. The molecule has 1 atom stereocenters. The second kappa shape index (κ2) is 11.3. The van der Waals surface area contributed by atoms with Gasteiger partial charge in [0.2, 0.25) is 11.0 Å². The van der Waals surface area contributed by atoms with Crippen LogP contribution in [0.25, 0.3) is 10.6 Å². The molecule has 35 heavy (non-hydrogen) atoms. The molecule has 178 valence electrons. The van der Waals surface area contributed by atoms with Crippen molar-refractivity contribution in [3.63, 3.8) is 0 Å². The average molecular weight is 526 g/mol. The number of aromatic nitrogens is 2. The standard InChI is InChI=1S/C25H21Cl2N5O2S/c1-15-7-5-10-17(13-15)23-31-32-25(35-23)30-22(33)20(14-16-8-3-2-4-9-16)28-24(34)29-21-18(26)11-6-12-19(21)27/h2-13,20H,14H2,1H3,(H2,28,29,34)(H,30,32,33)/t20-/m0/s1. The lowest BCUT2D eigenvalue weighted by molar-refractivity contribution is -0.117. The van der Waals surface area contributed by atoms with Crippen molar-refractivity contribution >= 4 is 57.3 Å². The first kappa shape index (κ1) is 24.7. The summed E-state index contributed by atoms with van der Waals surface area (Å²) in [6, 6.07) is 20.6. The molecule has 3 aromatic carbocycles. The lowest BCUT2D eigenvalue weighted by atomic mass is 10.1. The van der Waals surface area contributed by atoms with Crippen LogP contribution >= 0.6 is 34.5 Å². The van der Waals surface area contributed by atoms with E-state index >= 15 is 0 Å². The van der Waals surface area contributed by atoms with Crippen LogP contribution in [0.4, 0.5) is 15.6 Å². The first-order valence-electron chi connectivity index (χ1n) is 10.7. The molecule has 0 bridgehead atoms. The van der Waals surface area contributed by atoms with Gasteiger partial charge < -0.3 is 10.6 Å². The smallest absolute Gasteiger partial charge is 0.319 e. The quantitative estimate of drug-likeness (QED) is 0.268. The Hall–Kier alpha value is -3.46. The van der Waals surface area contributed by atoms with Crippen LogP contribution in [-0.4, -0.2) is 28.2 Å². The first-order valence-corrected chi connectivity index (χ1v) is 12.2. The Bertz CT molecular complexity index is 1330. The third kappa shape index (κ3) is 6.57. The minimum absolute atomic E-state index is 0.263. The van der Waals surface area contributed by atoms with E-state index in [1.165, 1.54) is 11.3 Å². The van der Waals surface area contributed by atoms with Crippen LogP contribution in [0.2, 0.25) is 10.0 Å². The van der Waals surface area contributed by atoms with Crippen molar-refractivity contribution in [2.45, 2.75) is 19.4 Å². The molecule has 0 spiro atoms. The summed E-state index contributed by atoms with van der Waals surface area (Å²) >= 11 is 13.6. The molecule has 4 rings (SSSR count). The molecule has 10 heteroatoms. The molecule has 0 saturated carbocycles. The third-order valence-corrected chi connectivity index (χ3v) is 6.54. The van der Waals surface area contributed by atoms with E-state index in [1.54, 1.807) is 18.2 Å². The fraction of sp³-hybridized carbons (Fsp3) is 0.120. The molecule has 1 heterocycles. The van der Waals surface area contributed by atoms with Gasteiger partial charge in [-0.1, -0.05) is 94.7 Å². The van der Waals surface area contributed by atoms with Crippen molar-refractivity contribution in [3.8, 4) is 10.6 Å². The molecular weight excluding hydrogens is 505 g/mol. The number of amides is 3. The van der Waals surface area contributed by atoms with Gasteiger partial charge in [0.25, 0.3) is 0 Å². The van der Waals surface area contributed by atoms with Crippen molar-refractivity contribution in [1.29, 1.82) is 0 Å². The number of anilines is 2. The number of carbonyl (C=O) groups is 2. The van der Waals surface area contributed by atoms with Gasteiger partial charge in [-0.15, -0.1) is 10.2 Å². The molecule has 3 N–H and O–H groups in total. The topological polar surface area (TPSA) is 96.0 Å². The number of urea groups is 1. The summed E-state index contributed by atoms with van der Waals surface area (Å²) in [4.78, 5) is 25.9. The van der Waals surface area contributed by atoms with Crippen LogP contribution in [0.15, 0.2) is 72.8 Å². The number of hydrogen-bond acceptors (Lipinski definition) is 5. The minimum atomic E-state index is -0.898. The number of rotatable bonds is 7. The SMILES string of the molecule is Cc1cccc(-c2nnc(NC(=O)[C@H](Cc3ccccc3)NC(=O)Nc3c(Cl)cccc3Cl)s2)c1. The van der Waals surface area contributed by atoms with E-state index < -0.39 is 18.0 Å². The molecule has 0 unspecified atom stereocenters. The van der Waals surface area contributed by atoms with E-state index in [4.69, 9.17) is 23.2 Å². The number of halogens is 2. The molecule has 0 aliphatic rings. The summed E-state index contributed by atoms with van der Waals surface area (Å²) in [7, 11) is 0. The molecule has 0 aliphatic heterocycles. The van der Waals surface area contributed by atoms with Gasteiger partial charge in [0.05, 0.1) is 15.7 Å². The van der Waals surface area contributed by atoms with Crippen LogP contribution in [-0.2, 0) is 11.2 Å². The zero-order valence-electron chi connectivity index (χ0n) is 18.6. The van der Waals surface area contributed by atoms with Crippen LogP contribution in [0.5, 0.6) is 0 Å². The van der Waals surface area contributed by atoms with Crippen molar-refractivity contribution in [3.05, 3.63) is 94.0 Å². The fourth-order valence-electron chi connectivity index (χ4n) is 3.35. The number of para-hydroxylation sites is 1. The molecule has 4 aromatic rings. The van der Waals surface area contributed by atoms with Crippen LogP contribution in [0, 0.1) is 6.92 Å². The fourth-order valence-corrected chi connectivity index (χ4v) is 4.58. The average Bonchev–Trinajstić information content (AvgIpc) is 3.30. The van der Waals surface area contributed by atoms with Crippen LogP contribution in [0.1, 0.15) is 11.1 Å². The predicted octanol–water partition coefficient (Wildman–Crippen LogP) is 6.19. The summed E-state index contributed by atoms with van der Waals surface area (Å²) in [5, 5.41) is 18.0. The summed E-state index contributed by atoms with van der Waals surface area (Å²) in [6.45, 7) is 1.99.